The molecular weight excluding hydrogens is 406 g/mol. The van der Waals surface area contributed by atoms with Gasteiger partial charge in [-0.25, -0.2) is 4.79 Å². The van der Waals surface area contributed by atoms with Gasteiger partial charge in [-0.05, 0) is 30.5 Å². The number of carbonyl (C=O) groups is 2. The highest BCUT2D eigenvalue weighted by Crippen LogP contribution is 2.34. The van der Waals surface area contributed by atoms with E-state index in [1.54, 1.807) is 23.1 Å². The van der Waals surface area contributed by atoms with Gasteiger partial charge in [-0.2, -0.15) is 0 Å². The average Bonchev–Trinajstić information content (AvgIpc) is 3.01. The van der Waals surface area contributed by atoms with Crippen LogP contribution >= 0.6 is 24.0 Å². The minimum Gasteiger partial charge on any atom is -0.481 e. The maximum Gasteiger partial charge on any atom is 0.343 e. The first-order valence-electron chi connectivity index (χ1n) is 9.16. The molecule has 1 amide bonds. The summed E-state index contributed by atoms with van der Waals surface area (Å²) in [5.74, 6) is -0.0624. The van der Waals surface area contributed by atoms with Crippen LogP contribution in [0.3, 0.4) is 0 Å². The molecule has 3 rings (SSSR count). The smallest absolute Gasteiger partial charge is 0.343 e. The molecule has 0 radical (unpaired) electrons. The zero-order chi connectivity index (χ0) is 20.6. The van der Waals surface area contributed by atoms with E-state index in [1.807, 2.05) is 30.3 Å². The van der Waals surface area contributed by atoms with Crippen molar-refractivity contribution >= 4 is 46.3 Å². The summed E-state index contributed by atoms with van der Waals surface area (Å²) in [7, 11) is 1.31. The quantitative estimate of drug-likeness (QED) is 0.360. The molecule has 7 heteroatoms. The number of ether oxygens (including phenoxy) is 2. The molecule has 29 heavy (non-hydrogen) atoms. The number of amides is 1. The van der Waals surface area contributed by atoms with Gasteiger partial charge >= 0.3 is 5.97 Å². The highest BCUT2D eigenvalue weighted by molar-refractivity contribution is 8.26. The SMILES string of the molecule is COC(=O)COc1ccccc1/C=C1\SC(=S)N(CCCc2ccccc2)C1=O. The van der Waals surface area contributed by atoms with Crippen LogP contribution < -0.4 is 4.74 Å². The molecule has 5 nitrogen and oxygen atoms in total. The number of para-hydroxylation sites is 1. The first-order valence-corrected chi connectivity index (χ1v) is 10.4. The van der Waals surface area contributed by atoms with E-state index in [2.05, 4.69) is 16.9 Å². The molecule has 0 bridgehead atoms. The maximum absolute atomic E-state index is 12.8. The predicted molar refractivity (Wildman–Crippen MR) is 119 cm³/mol. The van der Waals surface area contributed by atoms with Crippen molar-refractivity contribution in [1.29, 1.82) is 0 Å². The third kappa shape index (κ3) is 5.68. The van der Waals surface area contributed by atoms with Crippen molar-refractivity contribution in [3.8, 4) is 5.75 Å². The van der Waals surface area contributed by atoms with Crippen LogP contribution in [-0.4, -0.2) is 41.4 Å². The van der Waals surface area contributed by atoms with Gasteiger partial charge in [-0.15, -0.1) is 0 Å². The van der Waals surface area contributed by atoms with Gasteiger partial charge in [-0.3, -0.25) is 9.69 Å². The van der Waals surface area contributed by atoms with Crippen LogP contribution in [0.4, 0.5) is 0 Å². The second-order valence-corrected chi connectivity index (χ2v) is 8.00. The predicted octanol–water partition coefficient (Wildman–Crippen LogP) is 4.07. The van der Waals surface area contributed by atoms with Crippen LogP contribution in [0.1, 0.15) is 17.5 Å². The molecule has 1 aliphatic rings. The molecule has 1 heterocycles. The zero-order valence-electron chi connectivity index (χ0n) is 16.0. The van der Waals surface area contributed by atoms with E-state index < -0.39 is 5.97 Å². The Balaban J connectivity index is 1.66. The van der Waals surface area contributed by atoms with Gasteiger partial charge in [0.15, 0.2) is 6.61 Å². The number of carbonyl (C=O) groups excluding carboxylic acids is 2. The average molecular weight is 428 g/mol. The Hall–Kier alpha value is -2.64. The van der Waals surface area contributed by atoms with Gasteiger partial charge < -0.3 is 9.47 Å². The Morgan fingerprint density at radius 2 is 1.86 bits per heavy atom. The number of nitrogens with zero attached hydrogens (tertiary/aromatic N) is 1. The maximum atomic E-state index is 12.8. The van der Waals surface area contributed by atoms with Gasteiger partial charge in [0.1, 0.15) is 10.1 Å². The lowest BCUT2D eigenvalue weighted by molar-refractivity contribution is -0.142. The second-order valence-electron chi connectivity index (χ2n) is 6.33. The molecule has 0 unspecified atom stereocenters. The number of hydrogen-bond donors (Lipinski definition) is 0. The third-order valence-electron chi connectivity index (χ3n) is 4.34. The van der Waals surface area contributed by atoms with Crippen molar-refractivity contribution < 1.29 is 19.1 Å². The van der Waals surface area contributed by atoms with Crippen molar-refractivity contribution in [1.82, 2.24) is 4.90 Å². The number of esters is 1. The molecule has 2 aromatic carbocycles. The highest BCUT2D eigenvalue weighted by atomic mass is 32.2. The molecule has 0 N–H and O–H groups in total. The summed E-state index contributed by atoms with van der Waals surface area (Å²) in [5, 5.41) is 0. The van der Waals surface area contributed by atoms with Crippen molar-refractivity contribution in [2.45, 2.75) is 12.8 Å². The number of hydrogen-bond acceptors (Lipinski definition) is 6. The number of benzene rings is 2. The van der Waals surface area contributed by atoms with E-state index in [-0.39, 0.29) is 12.5 Å². The van der Waals surface area contributed by atoms with Gasteiger partial charge in [0.2, 0.25) is 0 Å². The number of rotatable bonds is 8. The number of aryl methyl sites for hydroxylation is 1. The fraction of sp³-hybridized carbons (Fsp3) is 0.227. The number of methoxy groups -OCH3 is 1. The van der Waals surface area contributed by atoms with Gasteiger partial charge in [0, 0.05) is 12.1 Å². The largest absolute Gasteiger partial charge is 0.481 e. The Kier molecular flexibility index (Phi) is 7.43. The van der Waals surface area contributed by atoms with Crippen LogP contribution in [0.25, 0.3) is 6.08 Å². The molecule has 1 fully saturated rings. The van der Waals surface area contributed by atoms with Gasteiger partial charge in [-0.1, -0.05) is 72.5 Å². The Morgan fingerprint density at radius 3 is 2.62 bits per heavy atom. The van der Waals surface area contributed by atoms with Crippen LogP contribution in [0.15, 0.2) is 59.5 Å². The van der Waals surface area contributed by atoms with E-state index >= 15 is 0 Å². The van der Waals surface area contributed by atoms with Crippen molar-refractivity contribution in [3.05, 3.63) is 70.6 Å². The van der Waals surface area contributed by atoms with Crippen LogP contribution in [-0.2, 0) is 20.7 Å². The molecule has 150 valence electrons. The summed E-state index contributed by atoms with van der Waals surface area (Å²) in [6, 6.07) is 17.4. The summed E-state index contributed by atoms with van der Waals surface area (Å²) in [4.78, 5) is 26.3. The fourth-order valence-electron chi connectivity index (χ4n) is 2.85. The molecule has 0 saturated carbocycles. The highest BCUT2D eigenvalue weighted by Gasteiger charge is 2.31. The lowest BCUT2D eigenvalue weighted by Gasteiger charge is -2.14. The Bertz CT molecular complexity index is 927. The minimum atomic E-state index is -0.468. The molecule has 1 saturated heterocycles. The van der Waals surface area contributed by atoms with E-state index in [9.17, 15) is 9.59 Å². The lowest BCUT2D eigenvalue weighted by atomic mass is 10.1. The van der Waals surface area contributed by atoms with E-state index in [4.69, 9.17) is 17.0 Å². The molecule has 0 aromatic heterocycles. The van der Waals surface area contributed by atoms with E-state index in [0.29, 0.717) is 27.1 Å². The molecule has 0 spiro atoms. The molecule has 2 aromatic rings. The van der Waals surface area contributed by atoms with Crippen LogP contribution in [0.5, 0.6) is 5.75 Å². The summed E-state index contributed by atoms with van der Waals surface area (Å²) in [5.41, 5.74) is 1.95. The topological polar surface area (TPSA) is 55.8 Å². The zero-order valence-corrected chi connectivity index (χ0v) is 17.6. The summed E-state index contributed by atoms with van der Waals surface area (Å²) in [6.07, 6.45) is 3.48. The van der Waals surface area contributed by atoms with Crippen LogP contribution in [0, 0.1) is 0 Å². The fourth-order valence-corrected chi connectivity index (χ4v) is 4.15. The molecular formula is C22H21NO4S2. The van der Waals surface area contributed by atoms with Crippen LogP contribution in [0.2, 0.25) is 0 Å². The second kappa shape index (κ2) is 10.2. The monoisotopic (exact) mass is 427 g/mol. The molecule has 1 aliphatic heterocycles. The number of thiocarbonyl (C=S) groups is 1. The normalized spacial score (nSPS) is 15.1. The van der Waals surface area contributed by atoms with Crippen molar-refractivity contribution in [3.63, 3.8) is 0 Å². The van der Waals surface area contributed by atoms with Crippen molar-refractivity contribution in [2.24, 2.45) is 0 Å². The lowest BCUT2D eigenvalue weighted by Crippen LogP contribution is -2.29. The number of thioether (sulfide) groups is 1. The molecule has 0 aliphatic carbocycles. The van der Waals surface area contributed by atoms with E-state index in [1.165, 1.54) is 24.4 Å². The van der Waals surface area contributed by atoms with E-state index in [0.717, 1.165) is 12.8 Å². The van der Waals surface area contributed by atoms with Crippen molar-refractivity contribution in [2.75, 3.05) is 20.3 Å². The first-order chi connectivity index (χ1) is 14.1. The Labute approximate surface area is 179 Å². The summed E-state index contributed by atoms with van der Waals surface area (Å²) >= 11 is 6.69. The Morgan fingerprint density at radius 1 is 1.14 bits per heavy atom. The van der Waals surface area contributed by atoms with Gasteiger partial charge in [0.25, 0.3) is 5.91 Å². The standard InChI is InChI=1S/C22H21NO4S2/c1-26-20(24)15-27-18-12-6-5-11-17(18)14-19-21(25)23(22(28)29-19)13-7-10-16-8-3-2-4-9-16/h2-6,8-9,11-12,14H,7,10,13,15H2,1H3/b19-14-. The minimum absolute atomic E-state index is 0.101. The molecule has 0 atom stereocenters. The third-order valence-corrected chi connectivity index (χ3v) is 5.72. The first kappa shape index (κ1) is 21.1. The summed E-state index contributed by atoms with van der Waals surface area (Å²) in [6.45, 7) is 0.388. The van der Waals surface area contributed by atoms with Gasteiger partial charge in [0.05, 0.1) is 12.0 Å². The summed E-state index contributed by atoms with van der Waals surface area (Å²) < 4.78 is 10.7.